The topological polar surface area (TPSA) is 117 Å². The zero-order valence-corrected chi connectivity index (χ0v) is 16.1. The highest BCUT2D eigenvalue weighted by Crippen LogP contribution is 2.21. The number of carbonyl (C=O) groups excluding carboxylic acids is 1. The summed E-state index contributed by atoms with van der Waals surface area (Å²) in [7, 11) is 1.58. The Bertz CT molecular complexity index is 776. The Labute approximate surface area is 164 Å². The van der Waals surface area contributed by atoms with Gasteiger partial charge in [0.1, 0.15) is 17.8 Å². The van der Waals surface area contributed by atoms with E-state index in [1.165, 1.54) is 25.6 Å². The number of nitrogens with two attached hydrogens (primary N) is 1. The lowest BCUT2D eigenvalue weighted by Gasteiger charge is -2.26. The van der Waals surface area contributed by atoms with Crippen molar-refractivity contribution in [2.24, 2.45) is 0 Å². The maximum atomic E-state index is 12.2. The fourth-order valence-corrected chi connectivity index (χ4v) is 3.08. The molecule has 0 bridgehead atoms. The molecule has 1 aliphatic rings. The summed E-state index contributed by atoms with van der Waals surface area (Å²) in [6.45, 7) is 3.98. The SMILES string of the molecule is COc1ccc(C(=O)NNc2ncnc(NCCN3CCCCC3)c2N)cc1. The second-order valence-corrected chi connectivity index (χ2v) is 6.62. The van der Waals surface area contributed by atoms with Crippen LogP contribution in [0.5, 0.6) is 5.75 Å². The van der Waals surface area contributed by atoms with Crippen LogP contribution < -0.4 is 26.6 Å². The Morgan fingerprint density at radius 3 is 2.57 bits per heavy atom. The lowest BCUT2D eigenvalue weighted by atomic mass is 10.1. The standard InChI is InChI=1S/C19H27N7O2/c1-28-15-7-5-14(6-8-15)19(27)25-24-18-16(20)17(22-13-23-18)21-9-12-26-10-3-2-4-11-26/h5-8,13H,2-4,9-12,20H2,1H3,(H,25,27)(H2,21,22,23,24). The number of amides is 1. The van der Waals surface area contributed by atoms with E-state index in [9.17, 15) is 4.79 Å². The maximum Gasteiger partial charge on any atom is 0.269 e. The van der Waals surface area contributed by atoms with Gasteiger partial charge >= 0.3 is 0 Å². The van der Waals surface area contributed by atoms with E-state index < -0.39 is 0 Å². The molecule has 3 rings (SSSR count). The van der Waals surface area contributed by atoms with Crippen LogP contribution in [0.3, 0.4) is 0 Å². The average molecular weight is 385 g/mol. The molecule has 150 valence electrons. The summed E-state index contributed by atoms with van der Waals surface area (Å²) in [6.07, 6.45) is 5.25. The van der Waals surface area contributed by atoms with Gasteiger partial charge in [0.25, 0.3) is 5.91 Å². The first-order valence-electron chi connectivity index (χ1n) is 9.44. The third-order valence-electron chi connectivity index (χ3n) is 4.70. The molecule has 0 aliphatic carbocycles. The average Bonchev–Trinajstić information content (AvgIpc) is 2.74. The smallest absolute Gasteiger partial charge is 0.269 e. The first-order chi connectivity index (χ1) is 13.7. The van der Waals surface area contributed by atoms with Gasteiger partial charge in [-0.05, 0) is 50.2 Å². The molecule has 2 heterocycles. The Balaban J connectivity index is 1.52. The van der Waals surface area contributed by atoms with Crippen molar-refractivity contribution in [3.05, 3.63) is 36.2 Å². The molecule has 1 saturated heterocycles. The van der Waals surface area contributed by atoms with Gasteiger partial charge in [-0.3, -0.25) is 15.6 Å². The van der Waals surface area contributed by atoms with Gasteiger partial charge in [-0.2, -0.15) is 0 Å². The molecule has 0 spiro atoms. The zero-order chi connectivity index (χ0) is 19.8. The van der Waals surface area contributed by atoms with Crippen molar-refractivity contribution in [1.29, 1.82) is 0 Å². The second-order valence-electron chi connectivity index (χ2n) is 6.62. The number of hydrazine groups is 1. The second kappa shape index (κ2) is 9.75. The molecule has 1 aromatic carbocycles. The van der Waals surface area contributed by atoms with Gasteiger partial charge in [-0.25, -0.2) is 9.97 Å². The van der Waals surface area contributed by atoms with Crippen LogP contribution in [0, 0.1) is 0 Å². The summed E-state index contributed by atoms with van der Waals surface area (Å²) >= 11 is 0. The van der Waals surface area contributed by atoms with Gasteiger partial charge < -0.3 is 20.7 Å². The summed E-state index contributed by atoms with van der Waals surface area (Å²) in [6, 6.07) is 6.79. The van der Waals surface area contributed by atoms with Crippen molar-refractivity contribution in [1.82, 2.24) is 20.3 Å². The number of rotatable bonds is 8. The van der Waals surface area contributed by atoms with E-state index in [0.29, 0.717) is 28.6 Å². The van der Waals surface area contributed by atoms with Crippen molar-refractivity contribution >= 4 is 23.2 Å². The summed E-state index contributed by atoms with van der Waals surface area (Å²) in [5.74, 6) is 1.27. The van der Waals surface area contributed by atoms with Gasteiger partial charge in [0.15, 0.2) is 11.6 Å². The van der Waals surface area contributed by atoms with E-state index in [1.54, 1.807) is 31.4 Å². The Kier molecular flexibility index (Phi) is 6.85. The minimum absolute atomic E-state index is 0.305. The van der Waals surface area contributed by atoms with Crippen LogP contribution in [0.2, 0.25) is 0 Å². The number of piperidine rings is 1. The van der Waals surface area contributed by atoms with E-state index in [2.05, 4.69) is 31.0 Å². The van der Waals surface area contributed by atoms with Crippen LogP contribution in [0.15, 0.2) is 30.6 Å². The van der Waals surface area contributed by atoms with Crippen molar-refractivity contribution in [3.63, 3.8) is 0 Å². The molecular weight excluding hydrogens is 358 g/mol. The van der Waals surface area contributed by atoms with Crippen molar-refractivity contribution in [2.45, 2.75) is 19.3 Å². The molecule has 0 atom stereocenters. The minimum atomic E-state index is -0.305. The monoisotopic (exact) mass is 385 g/mol. The van der Waals surface area contributed by atoms with E-state index in [4.69, 9.17) is 10.5 Å². The number of ether oxygens (including phenoxy) is 1. The maximum absolute atomic E-state index is 12.2. The van der Waals surface area contributed by atoms with Gasteiger partial charge in [-0.15, -0.1) is 0 Å². The first kappa shape index (κ1) is 19.7. The molecule has 9 heteroatoms. The van der Waals surface area contributed by atoms with Crippen LogP contribution in [0.25, 0.3) is 0 Å². The van der Waals surface area contributed by atoms with E-state index in [-0.39, 0.29) is 5.91 Å². The number of nitrogens with zero attached hydrogens (tertiary/aromatic N) is 3. The largest absolute Gasteiger partial charge is 0.497 e. The fraction of sp³-hybridized carbons (Fsp3) is 0.421. The molecule has 2 aromatic rings. The highest BCUT2D eigenvalue weighted by atomic mass is 16.5. The van der Waals surface area contributed by atoms with Gasteiger partial charge in [0, 0.05) is 18.7 Å². The van der Waals surface area contributed by atoms with E-state index in [0.717, 1.165) is 26.2 Å². The van der Waals surface area contributed by atoms with Gasteiger partial charge in [-0.1, -0.05) is 6.42 Å². The molecule has 1 aromatic heterocycles. The highest BCUT2D eigenvalue weighted by Gasteiger charge is 2.12. The number of carbonyl (C=O) groups is 1. The van der Waals surface area contributed by atoms with Crippen LogP contribution in [-0.2, 0) is 0 Å². The van der Waals surface area contributed by atoms with Crippen molar-refractivity contribution < 1.29 is 9.53 Å². The minimum Gasteiger partial charge on any atom is -0.497 e. The number of benzene rings is 1. The first-order valence-corrected chi connectivity index (χ1v) is 9.44. The number of nitrogens with one attached hydrogen (secondary N) is 3. The summed E-state index contributed by atoms with van der Waals surface area (Å²) < 4.78 is 5.09. The van der Waals surface area contributed by atoms with Gasteiger partial charge in [0.05, 0.1) is 7.11 Å². The van der Waals surface area contributed by atoms with Crippen LogP contribution in [0.1, 0.15) is 29.6 Å². The number of anilines is 3. The Morgan fingerprint density at radius 2 is 1.86 bits per heavy atom. The molecule has 1 aliphatic heterocycles. The lowest BCUT2D eigenvalue weighted by Crippen LogP contribution is -2.34. The normalized spacial score (nSPS) is 14.3. The number of likely N-dealkylation sites (tertiary alicyclic amines) is 1. The lowest BCUT2D eigenvalue weighted by molar-refractivity contribution is 0.0962. The Morgan fingerprint density at radius 1 is 1.14 bits per heavy atom. The molecule has 28 heavy (non-hydrogen) atoms. The van der Waals surface area contributed by atoms with E-state index in [1.807, 2.05) is 0 Å². The molecule has 0 unspecified atom stereocenters. The quantitative estimate of drug-likeness (QED) is 0.508. The molecule has 1 amide bonds. The summed E-state index contributed by atoms with van der Waals surface area (Å²) in [5.41, 5.74) is 12.3. The number of nitrogen functional groups attached to an aromatic ring is 1. The summed E-state index contributed by atoms with van der Waals surface area (Å²) in [4.78, 5) is 23.0. The zero-order valence-electron chi connectivity index (χ0n) is 16.1. The fourth-order valence-electron chi connectivity index (χ4n) is 3.08. The molecule has 1 fully saturated rings. The highest BCUT2D eigenvalue weighted by molar-refractivity contribution is 5.95. The molecular formula is C19H27N7O2. The Hall–Kier alpha value is -3.07. The molecule has 0 saturated carbocycles. The van der Waals surface area contributed by atoms with Gasteiger partial charge in [0.2, 0.25) is 0 Å². The number of methoxy groups -OCH3 is 1. The molecule has 0 radical (unpaired) electrons. The summed E-state index contributed by atoms with van der Waals surface area (Å²) in [5, 5.41) is 3.25. The molecule has 5 N–H and O–H groups in total. The third-order valence-corrected chi connectivity index (χ3v) is 4.70. The predicted molar refractivity (Wildman–Crippen MR) is 109 cm³/mol. The number of hydrogen-bond donors (Lipinski definition) is 4. The van der Waals surface area contributed by atoms with Crippen molar-refractivity contribution in [2.75, 3.05) is 49.8 Å². The van der Waals surface area contributed by atoms with Crippen molar-refractivity contribution in [3.8, 4) is 5.75 Å². The number of hydrogen-bond acceptors (Lipinski definition) is 8. The van der Waals surface area contributed by atoms with E-state index >= 15 is 0 Å². The predicted octanol–water partition coefficient (Wildman–Crippen LogP) is 1.72. The number of aromatic nitrogens is 2. The molecule has 9 nitrogen and oxygen atoms in total. The third kappa shape index (κ3) is 5.23. The van der Waals surface area contributed by atoms with Crippen LogP contribution in [0.4, 0.5) is 17.3 Å². The van der Waals surface area contributed by atoms with Crippen LogP contribution in [-0.4, -0.2) is 54.1 Å². The van der Waals surface area contributed by atoms with Crippen LogP contribution >= 0.6 is 0 Å².